The van der Waals surface area contributed by atoms with Gasteiger partial charge >= 0.3 is 0 Å². The van der Waals surface area contributed by atoms with E-state index in [0.29, 0.717) is 17.9 Å². The number of benzene rings is 1. The summed E-state index contributed by atoms with van der Waals surface area (Å²) in [5.41, 5.74) is 9.60. The smallest absolute Gasteiger partial charge is 0.00390 e. The number of hydrogen-bond acceptors (Lipinski definition) is 1. The molecule has 0 aromatic heterocycles. The molecule has 0 aliphatic heterocycles. The zero-order chi connectivity index (χ0) is 20.6. The van der Waals surface area contributed by atoms with Gasteiger partial charge in [-0.15, -0.1) is 0 Å². The second-order valence-electron chi connectivity index (χ2n) is 9.22. The van der Waals surface area contributed by atoms with Crippen LogP contribution < -0.4 is 5.73 Å². The van der Waals surface area contributed by atoms with E-state index in [1.165, 1.54) is 95.5 Å². The molecule has 162 valence electrons. The van der Waals surface area contributed by atoms with Crippen LogP contribution in [0.25, 0.3) is 0 Å². The van der Waals surface area contributed by atoms with E-state index in [1.54, 1.807) is 5.56 Å². The summed E-state index contributed by atoms with van der Waals surface area (Å²) >= 11 is 0. The Morgan fingerprint density at radius 3 is 1.79 bits per heavy atom. The van der Waals surface area contributed by atoms with Crippen molar-refractivity contribution in [3.63, 3.8) is 0 Å². The molecule has 1 nitrogen and oxygen atoms in total. The molecular weight excluding hydrogens is 338 g/mol. The summed E-state index contributed by atoms with van der Waals surface area (Å²) in [6, 6.07) is 9.48. The molecule has 0 radical (unpaired) electrons. The van der Waals surface area contributed by atoms with Crippen LogP contribution in [0.4, 0.5) is 0 Å². The Balaban J connectivity index is 2.28. The van der Waals surface area contributed by atoms with Crippen molar-refractivity contribution in [3.8, 4) is 0 Å². The Morgan fingerprint density at radius 1 is 0.643 bits per heavy atom. The minimum Gasteiger partial charge on any atom is -0.328 e. The van der Waals surface area contributed by atoms with E-state index in [1.807, 2.05) is 0 Å². The van der Waals surface area contributed by atoms with Crippen LogP contribution in [0.1, 0.15) is 141 Å². The van der Waals surface area contributed by atoms with Gasteiger partial charge in [0.05, 0.1) is 0 Å². The lowest BCUT2D eigenvalue weighted by Gasteiger charge is -2.23. The largest absolute Gasteiger partial charge is 0.328 e. The van der Waals surface area contributed by atoms with Gasteiger partial charge in [-0.2, -0.15) is 0 Å². The molecule has 0 spiro atoms. The zero-order valence-corrected chi connectivity index (χ0v) is 19.5. The van der Waals surface area contributed by atoms with Gasteiger partial charge in [-0.3, -0.25) is 0 Å². The minimum atomic E-state index is 0.384. The Bertz CT molecular complexity index is 479. The topological polar surface area (TPSA) is 26.0 Å². The molecule has 0 aliphatic rings. The number of hydrogen-bond donors (Lipinski definition) is 1. The summed E-state index contributed by atoms with van der Waals surface area (Å²) in [6.45, 7) is 9.23. The molecular formula is C27H49N. The molecule has 0 saturated carbocycles. The average molecular weight is 388 g/mol. The minimum absolute atomic E-state index is 0.384. The van der Waals surface area contributed by atoms with Crippen molar-refractivity contribution < 1.29 is 0 Å². The molecule has 2 atom stereocenters. The van der Waals surface area contributed by atoms with E-state index in [0.717, 1.165) is 0 Å². The molecule has 1 aromatic carbocycles. The van der Waals surface area contributed by atoms with Crippen molar-refractivity contribution in [2.45, 2.75) is 135 Å². The van der Waals surface area contributed by atoms with E-state index >= 15 is 0 Å². The highest BCUT2D eigenvalue weighted by molar-refractivity contribution is 5.32. The first-order chi connectivity index (χ1) is 13.6. The molecule has 1 aromatic rings. The maximum atomic E-state index is 6.49. The normalized spacial score (nSPS) is 13.8. The summed E-state index contributed by atoms with van der Waals surface area (Å²) in [7, 11) is 0. The van der Waals surface area contributed by atoms with Crippen LogP contribution in [0.5, 0.6) is 0 Å². The van der Waals surface area contributed by atoms with Gasteiger partial charge in [0.1, 0.15) is 0 Å². The highest BCUT2D eigenvalue weighted by Gasteiger charge is 2.17. The average Bonchev–Trinajstić information content (AvgIpc) is 2.69. The standard InChI is InChI=1S/C27H49N/c1-5-7-8-9-10-11-12-13-14-18-25(28)22-21-24(17-6-2)27-20-16-15-19-26(27)23(3)4/h15-16,19-20,23-25H,5-14,17-18,21-22,28H2,1-4H3. The van der Waals surface area contributed by atoms with Gasteiger partial charge < -0.3 is 5.73 Å². The van der Waals surface area contributed by atoms with Gasteiger partial charge in [0.25, 0.3) is 0 Å². The first-order valence-corrected chi connectivity index (χ1v) is 12.4. The molecule has 0 fully saturated rings. The molecule has 28 heavy (non-hydrogen) atoms. The summed E-state index contributed by atoms with van der Waals surface area (Å²) in [6.07, 6.45) is 18.7. The SMILES string of the molecule is CCCCCCCCCCCC(N)CCC(CCC)c1ccccc1C(C)C. The summed E-state index contributed by atoms with van der Waals surface area (Å²) in [5.74, 6) is 1.28. The van der Waals surface area contributed by atoms with Crippen LogP contribution in [0.2, 0.25) is 0 Å². The van der Waals surface area contributed by atoms with E-state index in [4.69, 9.17) is 5.73 Å². The molecule has 2 unspecified atom stereocenters. The predicted octanol–water partition coefficient (Wildman–Crippen LogP) is 8.72. The van der Waals surface area contributed by atoms with Crippen LogP contribution >= 0.6 is 0 Å². The molecule has 0 amide bonds. The second-order valence-corrected chi connectivity index (χ2v) is 9.22. The van der Waals surface area contributed by atoms with E-state index in [2.05, 4.69) is 52.0 Å². The van der Waals surface area contributed by atoms with Crippen LogP contribution in [-0.4, -0.2) is 6.04 Å². The molecule has 0 bridgehead atoms. The third-order valence-corrected chi connectivity index (χ3v) is 6.26. The van der Waals surface area contributed by atoms with Crippen LogP contribution in [-0.2, 0) is 0 Å². The van der Waals surface area contributed by atoms with Gasteiger partial charge in [0, 0.05) is 6.04 Å². The summed E-state index contributed by atoms with van der Waals surface area (Å²) in [4.78, 5) is 0. The zero-order valence-electron chi connectivity index (χ0n) is 19.5. The Morgan fingerprint density at radius 2 is 1.21 bits per heavy atom. The van der Waals surface area contributed by atoms with Crippen molar-refractivity contribution >= 4 is 0 Å². The summed E-state index contributed by atoms with van der Waals surface area (Å²) < 4.78 is 0. The van der Waals surface area contributed by atoms with E-state index < -0.39 is 0 Å². The molecule has 0 saturated heterocycles. The Kier molecular flexibility index (Phi) is 14.4. The predicted molar refractivity (Wildman–Crippen MR) is 127 cm³/mol. The highest BCUT2D eigenvalue weighted by atomic mass is 14.6. The van der Waals surface area contributed by atoms with Gasteiger partial charge in [0.2, 0.25) is 0 Å². The van der Waals surface area contributed by atoms with Gasteiger partial charge in [-0.05, 0) is 48.6 Å². The number of nitrogens with two attached hydrogens (primary N) is 1. The monoisotopic (exact) mass is 387 g/mol. The van der Waals surface area contributed by atoms with E-state index in [9.17, 15) is 0 Å². The fourth-order valence-electron chi connectivity index (χ4n) is 4.49. The maximum absolute atomic E-state index is 6.49. The molecule has 0 heterocycles. The number of rotatable bonds is 17. The lowest BCUT2D eigenvalue weighted by molar-refractivity contribution is 0.458. The van der Waals surface area contributed by atoms with Crippen LogP contribution in [0, 0.1) is 0 Å². The number of unbranched alkanes of at least 4 members (excludes halogenated alkanes) is 8. The first kappa shape index (κ1) is 25.2. The van der Waals surface area contributed by atoms with Gasteiger partial charge in [-0.1, -0.05) is 116 Å². The quantitative estimate of drug-likeness (QED) is 0.266. The van der Waals surface area contributed by atoms with Crippen molar-refractivity contribution in [1.29, 1.82) is 0 Å². The van der Waals surface area contributed by atoms with Crippen molar-refractivity contribution in [2.75, 3.05) is 0 Å². The second kappa shape index (κ2) is 16.0. The molecule has 0 aliphatic carbocycles. The summed E-state index contributed by atoms with van der Waals surface area (Å²) in [5, 5.41) is 0. The van der Waals surface area contributed by atoms with Crippen molar-refractivity contribution in [3.05, 3.63) is 35.4 Å². The van der Waals surface area contributed by atoms with Crippen molar-refractivity contribution in [1.82, 2.24) is 0 Å². The lowest BCUT2D eigenvalue weighted by Crippen LogP contribution is -2.21. The third kappa shape index (κ3) is 10.6. The Labute approximate surface area is 176 Å². The lowest BCUT2D eigenvalue weighted by atomic mass is 9.83. The fourth-order valence-corrected chi connectivity index (χ4v) is 4.49. The van der Waals surface area contributed by atoms with Crippen LogP contribution in [0.3, 0.4) is 0 Å². The highest BCUT2D eigenvalue weighted by Crippen LogP contribution is 2.33. The molecule has 2 N–H and O–H groups in total. The first-order valence-electron chi connectivity index (χ1n) is 12.4. The van der Waals surface area contributed by atoms with Gasteiger partial charge in [0.15, 0.2) is 0 Å². The van der Waals surface area contributed by atoms with Crippen LogP contribution in [0.15, 0.2) is 24.3 Å². The third-order valence-electron chi connectivity index (χ3n) is 6.26. The molecule has 1 rings (SSSR count). The Hall–Kier alpha value is -0.820. The van der Waals surface area contributed by atoms with Gasteiger partial charge in [-0.25, -0.2) is 0 Å². The van der Waals surface area contributed by atoms with Crippen molar-refractivity contribution in [2.24, 2.45) is 5.73 Å². The van der Waals surface area contributed by atoms with E-state index in [-0.39, 0.29) is 0 Å². The molecule has 1 heteroatoms. The maximum Gasteiger partial charge on any atom is 0.00390 e. The fraction of sp³-hybridized carbons (Fsp3) is 0.778.